The number of aromatic nitrogens is 2. The van der Waals surface area contributed by atoms with Crippen LogP contribution in [0, 0.1) is 5.82 Å². The maximum Gasteiger partial charge on any atom is 0.316 e. The van der Waals surface area contributed by atoms with Crippen LogP contribution in [0.2, 0.25) is 0 Å². The maximum atomic E-state index is 13.2. The van der Waals surface area contributed by atoms with Crippen LogP contribution in [0.1, 0.15) is 6.92 Å². The van der Waals surface area contributed by atoms with E-state index in [1.807, 2.05) is 0 Å². The van der Waals surface area contributed by atoms with Gasteiger partial charge in [-0.25, -0.2) is 14.4 Å². The van der Waals surface area contributed by atoms with Gasteiger partial charge in [-0.2, -0.15) is 0 Å². The predicted octanol–water partition coefficient (Wildman–Crippen LogP) is 1.31. The molecule has 0 atom stereocenters. The average Bonchev–Trinajstić information content (AvgIpc) is 2.28. The Hall–Kier alpha value is -1.37. The number of nitrogens with zero attached hydrogens (tertiary/aromatic N) is 2. The van der Waals surface area contributed by atoms with Crippen LogP contribution >= 0.6 is 11.8 Å². The van der Waals surface area contributed by atoms with E-state index < -0.39 is 11.8 Å². The molecule has 1 heterocycles. The summed E-state index contributed by atoms with van der Waals surface area (Å²) in [6.07, 6.45) is 1.06. The molecule has 0 unspecified atom stereocenters. The summed E-state index contributed by atoms with van der Waals surface area (Å²) in [6, 6.07) is 0. The highest BCUT2D eigenvalue weighted by atomic mass is 32.2. The summed E-state index contributed by atoms with van der Waals surface area (Å²) >= 11 is 0.984. The lowest BCUT2D eigenvalue weighted by Crippen LogP contribution is -2.07. The molecule has 0 amide bonds. The summed E-state index contributed by atoms with van der Waals surface area (Å²) < 4.78 is 17.9. The third-order valence-electron chi connectivity index (χ3n) is 1.57. The molecular weight excluding hydrogens is 233 g/mol. The lowest BCUT2D eigenvalue weighted by atomic mass is 10.6. The lowest BCUT2D eigenvalue weighted by Gasteiger charge is -2.04. The molecule has 1 N–H and O–H groups in total. The summed E-state index contributed by atoms with van der Waals surface area (Å²) in [5.74, 6) is -0.595. The van der Waals surface area contributed by atoms with E-state index >= 15 is 0 Å². The predicted molar refractivity (Wildman–Crippen MR) is 58.9 cm³/mol. The molecule has 0 saturated carbocycles. The number of anilines is 1. The van der Waals surface area contributed by atoms with Crippen molar-refractivity contribution in [1.82, 2.24) is 9.97 Å². The van der Waals surface area contributed by atoms with Gasteiger partial charge in [0.25, 0.3) is 0 Å². The fraction of sp³-hybridized carbons (Fsp3) is 0.444. The van der Waals surface area contributed by atoms with Gasteiger partial charge in [-0.1, -0.05) is 11.8 Å². The SMILES string of the molecule is CCOC(=O)CSc1nc(NC)ncc1F. The number of carbonyl (C=O) groups excluding carboxylic acids is 1. The first kappa shape index (κ1) is 12.7. The molecule has 0 fully saturated rings. The van der Waals surface area contributed by atoms with E-state index in [2.05, 4.69) is 15.3 Å². The smallest absolute Gasteiger partial charge is 0.316 e. The van der Waals surface area contributed by atoms with Crippen molar-refractivity contribution in [1.29, 1.82) is 0 Å². The Labute approximate surface area is 96.8 Å². The number of rotatable bonds is 5. The van der Waals surface area contributed by atoms with E-state index in [4.69, 9.17) is 4.74 Å². The first-order valence-corrected chi connectivity index (χ1v) is 5.64. The number of carbonyl (C=O) groups is 1. The van der Waals surface area contributed by atoms with E-state index in [1.54, 1.807) is 14.0 Å². The second-order valence-electron chi connectivity index (χ2n) is 2.69. The van der Waals surface area contributed by atoms with Gasteiger partial charge in [-0.05, 0) is 6.92 Å². The minimum Gasteiger partial charge on any atom is -0.465 e. The van der Waals surface area contributed by atoms with Crippen LogP contribution in [0.25, 0.3) is 0 Å². The second kappa shape index (κ2) is 6.26. The molecule has 0 aliphatic carbocycles. The van der Waals surface area contributed by atoms with Gasteiger partial charge < -0.3 is 10.1 Å². The number of esters is 1. The molecule has 16 heavy (non-hydrogen) atoms. The zero-order valence-corrected chi connectivity index (χ0v) is 9.81. The van der Waals surface area contributed by atoms with Crippen molar-refractivity contribution in [3.05, 3.63) is 12.0 Å². The van der Waals surface area contributed by atoms with Gasteiger partial charge in [0.15, 0.2) is 5.82 Å². The number of halogens is 1. The van der Waals surface area contributed by atoms with E-state index in [1.165, 1.54) is 0 Å². The lowest BCUT2D eigenvalue weighted by molar-refractivity contribution is -0.139. The summed E-state index contributed by atoms with van der Waals surface area (Å²) in [7, 11) is 1.63. The van der Waals surface area contributed by atoms with Gasteiger partial charge in [0.2, 0.25) is 5.95 Å². The Kier molecular flexibility index (Phi) is 4.97. The molecule has 5 nitrogen and oxygen atoms in total. The van der Waals surface area contributed by atoms with Crippen molar-refractivity contribution >= 4 is 23.7 Å². The molecular formula is C9H12FN3O2S. The summed E-state index contributed by atoms with van der Waals surface area (Å²) in [5.41, 5.74) is 0. The number of hydrogen-bond donors (Lipinski definition) is 1. The van der Waals surface area contributed by atoms with E-state index in [-0.39, 0.29) is 10.8 Å². The van der Waals surface area contributed by atoms with Crippen LogP contribution < -0.4 is 5.32 Å². The Morgan fingerprint density at radius 2 is 2.44 bits per heavy atom. The first-order chi connectivity index (χ1) is 7.67. The molecule has 0 bridgehead atoms. The topological polar surface area (TPSA) is 64.1 Å². The van der Waals surface area contributed by atoms with Gasteiger partial charge in [0.05, 0.1) is 18.6 Å². The van der Waals surface area contributed by atoms with Crippen molar-refractivity contribution in [3.63, 3.8) is 0 Å². The monoisotopic (exact) mass is 245 g/mol. The van der Waals surface area contributed by atoms with E-state index in [0.29, 0.717) is 12.6 Å². The largest absolute Gasteiger partial charge is 0.465 e. The minimum atomic E-state index is -0.548. The van der Waals surface area contributed by atoms with Gasteiger partial charge in [-0.3, -0.25) is 4.79 Å². The van der Waals surface area contributed by atoms with Gasteiger partial charge in [-0.15, -0.1) is 0 Å². The molecule has 1 aromatic rings. The van der Waals surface area contributed by atoms with Gasteiger partial charge in [0, 0.05) is 7.05 Å². The summed E-state index contributed by atoms with van der Waals surface area (Å²) in [4.78, 5) is 18.6. The third-order valence-corrected chi connectivity index (χ3v) is 2.51. The van der Waals surface area contributed by atoms with Gasteiger partial charge >= 0.3 is 5.97 Å². The average molecular weight is 245 g/mol. The zero-order chi connectivity index (χ0) is 12.0. The highest BCUT2D eigenvalue weighted by Gasteiger charge is 2.10. The molecule has 0 spiro atoms. The molecule has 0 aliphatic heterocycles. The zero-order valence-electron chi connectivity index (χ0n) is 8.99. The summed E-state index contributed by atoms with van der Waals surface area (Å²) in [6.45, 7) is 2.03. The molecule has 0 aliphatic rings. The van der Waals surface area contributed by atoms with Crippen LogP contribution in [0.3, 0.4) is 0 Å². The molecule has 1 rings (SSSR count). The van der Waals surface area contributed by atoms with Crippen molar-refractivity contribution in [3.8, 4) is 0 Å². The second-order valence-corrected chi connectivity index (χ2v) is 3.65. The van der Waals surface area contributed by atoms with Crippen molar-refractivity contribution in [2.45, 2.75) is 11.9 Å². The third kappa shape index (κ3) is 3.65. The molecule has 1 aromatic heterocycles. The van der Waals surface area contributed by atoms with Crippen LogP contribution in [-0.4, -0.2) is 35.3 Å². The maximum absolute atomic E-state index is 13.2. The van der Waals surface area contributed by atoms with E-state index in [9.17, 15) is 9.18 Å². The Bertz CT molecular complexity index is 376. The van der Waals surface area contributed by atoms with Crippen LogP contribution in [0.15, 0.2) is 11.2 Å². The molecule has 7 heteroatoms. The Morgan fingerprint density at radius 3 is 3.06 bits per heavy atom. The van der Waals surface area contributed by atoms with E-state index in [0.717, 1.165) is 18.0 Å². The summed E-state index contributed by atoms with van der Waals surface area (Å²) in [5, 5.41) is 2.82. The number of ether oxygens (including phenoxy) is 1. The quantitative estimate of drug-likeness (QED) is 0.479. The van der Waals surface area contributed by atoms with Crippen molar-refractivity contribution in [2.75, 3.05) is 24.7 Å². The highest BCUT2D eigenvalue weighted by Crippen LogP contribution is 2.19. The first-order valence-electron chi connectivity index (χ1n) is 4.66. The van der Waals surface area contributed by atoms with Crippen LogP contribution in [0.5, 0.6) is 0 Å². The number of thioether (sulfide) groups is 1. The fourth-order valence-electron chi connectivity index (χ4n) is 0.903. The van der Waals surface area contributed by atoms with Crippen LogP contribution in [0.4, 0.5) is 10.3 Å². The minimum absolute atomic E-state index is 0.0327. The van der Waals surface area contributed by atoms with Crippen molar-refractivity contribution < 1.29 is 13.9 Å². The highest BCUT2D eigenvalue weighted by molar-refractivity contribution is 7.99. The van der Waals surface area contributed by atoms with Gasteiger partial charge in [0.1, 0.15) is 5.03 Å². The normalized spacial score (nSPS) is 9.94. The standard InChI is InChI=1S/C9H12FN3O2S/c1-3-15-7(14)5-16-8-6(10)4-12-9(11-2)13-8/h4H,3,5H2,1-2H3,(H,11,12,13). The molecule has 0 saturated heterocycles. The molecule has 88 valence electrons. The fourth-order valence-corrected chi connectivity index (χ4v) is 1.58. The Balaban J connectivity index is 2.62. The molecule has 0 aromatic carbocycles. The molecule has 0 radical (unpaired) electrons. The number of nitrogens with one attached hydrogen (secondary N) is 1. The van der Waals surface area contributed by atoms with Crippen molar-refractivity contribution in [2.24, 2.45) is 0 Å². The van der Waals surface area contributed by atoms with Crippen LogP contribution in [-0.2, 0) is 9.53 Å². The Morgan fingerprint density at radius 1 is 1.69 bits per heavy atom. The number of hydrogen-bond acceptors (Lipinski definition) is 6.